The van der Waals surface area contributed by atoms with E-state index in [-0.39, 0.29) is 5.60 Å². The molecular weight excluding hydrogens is 306 g/mol. The highest BCUT2D eigenvalue weighted by molar-refractivity contribution is 7.09. The van der Waals surface area contributed by atoms with Crippen LogP contribution in [0.1, 0.15) is 17.7 Å². The Morgan fingerprint density at radius 1 is 1.17 bits per heavy atom. The normalized spacial score (nSPS) is 25.8. The first-order valence-corrected chi connectivity index (χ1v) is 9.26. The van der Waals surface area contributed by atoms with Gasteiger partial charge in [0.15, 0.2) is 0 Å². The summed E-state index contributed by atoms with van der Waals surface area (Å²) in [5, 5.41) is 2.16. The first kappa shape index (κ1) is 15.1. The van der Waals surface area contributed by atoms with Crippen LogP contribution in [0.5, 0.6) is 0 Å². The maximum atomic E-state index is 6.30. The van der Waals surface area contributed by atoms with Crippen LogP contribution in [0, 0.1) is 0 Å². The van der Waals surface area contributed by atoms with Crippen LogP contribution < -0.4 is 4.90 Å². The number of anilines is 1. The van der Waals surface area contributed by atoms with Crippen LogP contribution in [0.15, 0.2) is 41.9 Å². The van der Waals surface area contributed by atoms with Crippen molar-refractivity contribution >= 4 is 17.2 Å². The predicted molar refractivity (Wildman–Crippen MR) is 94.0 cm³/mol. The fourth-order valence-electron chi connectivity index (χ4n) is 3.76. The van der Waals surface area contributed by atoms with E-state index in [1.807, 2.05) is 23.6 Å². The number of aromatic nitrogens is 1. The lowest BCUT2D eigenvalue weighted by Crippen LogP contribution is -2.59. The minimum atomic E-state index is -0.0364. The topological polar surface area (TPSA) is 28.6 Å². The van der Waals surface area contributed by atoms with Crippen molar-refractivity contribution in [2.75, 3.05) is 37.7 Å². The van der Waals surface area contributed by atoms with Gasteiger partial charge in [0.2, 0.25) is 0 Å². The third-order valence-electron chi connectivity index (χ3n) is 4.80. The maximum absolute atomic E-state index is 6.30. The number of nitrogens with zero attached hydrogens (tertiary/aromatic N) is 3. The van der Waals surface area contributed by atoms with Crippen molar-refractivity contribution in [2.45, 2.75) is 25.0 Å². The molecule has 23 heavy (non-hydrogen) atoms. The fraction of sp³-hybridized carbons (Fsp3) is 0.500. The van der Waals surface area contributed by atoms with E-state index >= 15 is 0 Å². The molecule has 2 aromatic heterocycles. The number of piperidine rings is 1. The van der Waals surface area contributed by atoms with E-state index in [0.29, 0.717) is 0 Å². The summed E-state index contributed by atoms with van der Waals surface area (Å²) in [4.78, 5) is 10.9. The number of pyridine rings is 1. The van der Waals surface area contributed by atoms with Crippen molar-refractivity contribution in [1.82, 2.24) is 9.88 Å². The van der Waals surface area contributed by atoms with Crippen molar-refractivity contribution in [3.63, 3.8) is 0 Å². The molecule has 0 amide bonds. The number of ether oxygens (including phenoxy) is 1. The monoisotopic (exact) mass is 329 g/mol. The van der Waals surface area contributed by atoms with Crippen molar-refractivity contribution in [3.05, 3.63) is 46.8 Å². The molecule has 0 aromatic carbocycles. The Labute approximate surface area is 141 Å². The Balaban J connectivity index is 1.46. The number of thiophene rings is 1. The van der Waals surface area contributed by atoms with Crippen LogP contribution in [0.25, 0.3) is 0 Å². The molecule has 2 aromatic rings. The van der Waals surface area contributed by atoms with Crippen molar-refractivity contribution < 1.29 is 4.74 Å². The van der Waals surface area contributed by atoms with Gasteiger partial charge < -0.3 is 9.64 Å². The molecule has 4 rings (SSSR count). The van der Waals surface area contributed by atoms with E-state index in [1.54, 1.807) is 0 Å². The number of rotatable bonds is 3. The van der Waals surface area contributed by atoms with Crippen molar-refractivity contribution in [3.8, 4) is 0 Å². The Kier molecular flexibility index (Phi) is 4.33. The number of hydrogen-bond acceptors (Lipinski definition) is 5. The first-order chi connectivity index (χ1) is 11.3. The molecule has 0 N–H and O–H groups in total. The first-order valence-electron chi connectivity index (χ1n) is 8.38. The quantitative estimate of drug-likeness (QED) is 0.865. The highest BCUT2D eigenvalue weighted by atomic mass is 32.1. The standard InChI is InChI=1S/C18H23N3OS/c1-2-8-19-17(6-1)21-9-4-7-18(15-21)14-20(10-11-22-18)13-16-5-3-12-23-16/h1-3,5-6,8,12H,4,7,9-11,13-15H2/t18-/m1/s1. The molecule has 2 aliphatic heterocycles. The Morgan fingerprint density at radius 3 is 3.00 bits per heavy atom. The molecule has 1 atom stereocenters. The second-order valence-electron chi connectivity index (χ2n) is 6.53. The molecule has 2 aliphatic rings. The summed E-state index contributed by atoms with van der Waals surface area (Å²) >= 11 is 1.85. The van der Waals surface area contributed by atoms with Gasteiger partial charge >= 0.3 is 0 Å². The van der Waals surface area contributed by atoms with E-state index in [0.717, 1.165) is 51.6 Å². The van der Waals surface area contributed by atoms with Gasteiger partial charge in [0.1, 0.15) is 5.82 Å². The van der Waals surface area contributed by atoms with Crippen molar-refractivity contribution in [1.29, 1.82) is 0 Å². The lowest BCUT2D eigenvalue weighted by atomic mass is 9.90. The lowest BCUT2D eigenvalue weighted by molar-refractivity contribution is -0.116. The summed E-state index contributed by atoms with van der Waals surface area (Å²) in [6, 6.07) is 10.5. The van der Waals surface area contributed by atoms with Crippen LogP contribution in [-0.4, -0.2) is 48.3 Å². The van der Waals surface area contributed by atoms with Gasteiger partial charge in [-0.3, -0.25) is 4.90 Å². The second kappa shape index (κ2) is 6.59. The van der Waals surface area contributed by atoms with Gasteiger partial charge in [-0.15, -0.1) is 11.3 Å². The van der Waals surface area contributed by atoms with E-state index in [2.05, 4.69) is 44.4 Å². The zero-order valence-electron chi connectivity index (χ0n) is 13.4. The molecule has 2 fully saturated rings. The summed E-state index contributed by atoms with van der Waals surface area (Å²) < 4.78 is 6.30. The number of hydrogen-bond donors (Lipinski definition) is 0. The average molecular weight is 329 g/mol. The van der Waals surface area contributed by atoms with E-state index in [4.69, 9.17) is 4.74 Å². The van der Waals surface area contributed by atoms with Gasteiger partial charge in [-0.2, -0.15) is 0 Å². The van der Waals surface area contributed by atoms with Gasteiger partial charge in [0.25, 0.3) is 0 Å². The van der Waals surface area contributed by atoms with Gasteiger partial charge in [0.05, 0.1) is 12.2 Å². The molecule has 0 saturated carbocycles. The van der Waals surface area contributed by atoms with Gasteiger partial charge in [-0.25, -0.2) is 4.98 Å². The van der Waals surface area contributed by atoms with Crippen LogP contribution in [0.2, 0.25) is 0 Å². The zero-order chi connectivity index (χ0) is 15.5. The Hall–Kier alpha value is -1.43. The summed E-state index contributed by atoms with van der Waals surface area (Å²) in [6.07, 6.45) is 4.20. The average Bonchev–Trinajstić information content (AvgIpc) is 3.09. The molecule has 122 valence electrons. The summed E-state index contributed by atoms with van der Waals surface area (Å²) in [6.45, 7) is 5.96. The third-order valence-corrected chi connectivity index (χ3v) is 5.66. The minimum absolute atomic E-state index is 0.0364. The SMILES string of the molecule is c1ccc(N2CCC[C@@]3(CN(Cc4cccs4)CCO3)C2)nc1. The predicted octanol–water partition coefficient (Wildman–Crippen LogP) is 3.01. The van der Waals surface area contributed by atoms with Crippen LogP contribution in [-0.2, 0) is 11.3 Å². The molecule has 0 aliphatic carbocycles. The molecule has 2 saturated heterocycles. The van der Waals surface area contributed by atoms with E-state index in [1.165, 1.54) is 11.3 Å². The molecular formula is C18H23N3OS. The highest BCUT2D eigenvalue weighted by Gasteiger charge is 2.40. The molecule has 4 heterocycles. The van der Waals surface area contributed by atoms with E-state index < -0.39 is 0 Å². The van der Waals surface area contributed by atoms with E-state index in [9.17, 15) is 0 Å². The maximum Gasteiger partial charge on any atom is 0.128 e. The Morgan fingerprint density at radius 2 is 2.17 bits per heavy atom. The summed E-state index contributed by atoms with van der Waals surface area (Å²) in [7, 11) is 0. The second-order valence-corrected chi connectivity index (χ2v) is 7.57. The summed E-state index contributed by atoms with van der Waals surface area (Å²) in [5.41, 5.74) is -0.0364. The summed E-state index contributed by atoms with van der Waals surface area (Å²) in [5.74, 6) is 1.07. The zero-order valence-corrected chi connectivity index (χ0v) is 14.2. The van der Waals surface area contributed by atoms with Crippen LogP contribution in [0.4, 0.5) is 5.82 Å². The van der Waals surface area contributed by atoms with Crippen molar-refractivity contribution in [2.24, 2.45) is 0 Å². The largest absolute Gasteiger partial charge is 0.370 e. The van der Waals surface area contributed by atoms with Gasteiger partial charge in [-0.05, 0) is 36.4 Å². The molecule has 0 unspecified atom stereocenters. The fourth-order valence-corrected chi connectivity index (χ4v) is 4.51. The molecule has 0 bridgehead atoms. The molecule has 0 radical (unpaired) electrons. The van der Waals surface area contributed by atoms with Gasteiger partial charge in [-0.1, -0.05) is 12.1 Å². The smallest absolute Gasteiger partial charge is 0.128 e. The minimum Gasteiger partial charge on any atom is -0.370 e. The van der Waals surface area contributed by atoms with Crippen LogP contribution in [0.3, 0.4) is 0 Å². The molecule has 1 spiro atoms. The van der Waals surface area contributed by atoms with Gasteiger partial charge in [0, 0.05) is 43.8 Å². The highest BCUT2D eigenvalue weighted by Crippen LogP contribution is 2.31. The lowest BCUT2D eigenvalue weighted by Gasteiger charge is -2.48. The Bertz CT molecular complexity index is 614. The molecule has 4 nitrogen and oxygen atoms in total. The molecule has 5 heteroatoms. The number of morpholine rings is 1. The third kappa shape index (κ3) is 3.42. The van der Waals surface area contributed by atoms with Crippen LogP contribution >= 0.6 is 11.3 Å².